The Bertz CT molecular complexity index is 1000. The van der Waals surface area contributed by atoms with Gasteiger partial charge in [-0.1, -0.05) is 23.2 Å². The summed E-state index contributed by atoms with van der Waals surface area (Å²) in [5.41, 5.74) is 3.26. The van der Waals surface area contributed by atoms with Crippen molar-refractivity contribution < 1.29 is 9.47 Å². The van der Waals surface area contributed by atoms with Gasteiger partial charge in [-0.2, -0.15) is 5.26 Å². The summed E-state index contributed by atoms with van der Waals surface area (Å²) < 4.78 is 11.6. The van der Waals surface area contributed by atoms with E-state index in [0.717, 1.165) is 40.6 Å². The lowest BCUT2D eigenvalue weighted by Crippen LogP contribution is -2.40. The van der Waals surface area contributed by atoms with Gasteiger partial charge in [-0.25, -0.2) is 4.98 Å². The molecule has 2 aromatic rings. The summed E-state index contributed by atoms with van der Waals surface area (Å²) in [7, 11) is 0. The molecular formula is C22H23Cl2N3O2S. The fourth-order valence-electron chi connectivity index (χ4n) is 3.79. The molecule has 1 fully saturated rings. The first-order valence-electron chi connectivity index (χ1n) is 9.87. The molecule has 0 amide bonds. The van der Waals surface area contributed by atoms with Crippen LogP contribution in [0.25, 0.3) is 0 Å². The molecule has 3 heterocycles. The third-order valence-corrected chi connectivity index (χ3v) is 7.11. The van der Waals surface area contributed by atoms with Crippen LogP contribution in [0.5, 0.6) is 0 Å². The van der Waals surface area contributed by atoms with E-state index in [0.29, 0.717) is 47.6 Å². The van der Waals surface area contributed by atoms with Crippen molar-refractivity contribution in [1.82, 2.24) is 4.98 Å². The molecule has 0 N–H and O–H groups in total. The van der Waals surface area contributed by atoms with Gasteiger partial charge < -0.3 is 14.4 Å². The molecule has 0 spiro atoms. The number of anilines is 1. The molecule has 0 radical (unpaired) electrons. The van der Waals surface area contributed by atoms with E-state index < -0.39 is 0 Å². The third-order valence-electron chi connectivity index (χ3n) is 5.36. The standard InChI is InChI=1S/C22H23Cl2N3O2S/c1-22(2)10-15-16(11-25)20(13-30-14-3-4-18(23)19(24)9-14)26-21(17(15)12-29-22)27-5-7-28-8-6-27/h3-4,9H,5-8,10,12-13H2,1-2H3. The van der Waals surface area contributed by atoms with Crippen LogP contribution in [0.4, 0.5) is 5.82 Å². The fourth-order valence-corrected chi connectivity index (χ4v) is 5.03. The highest BCUT2D eigenvalue weighted by molar-refractivity contribution is 7.98. The zero-order chi connectivity index (χ0) is 21.3. The number of fused-ring (bicyclic) bond motifs is 1. The van der Waals surface area contributed by atoms with Crippen LogP contribution in [0.1, 0.15) is 36.2 Å². The van der Waals surface area contributed by atoms with Gasteiger partial charge in [-0.15, -0.1) is 11.8 Å². The summed E-state index contributed by atoms with van der Waals surface area (Å²) >= 11 is 13.8. The maximum absolute atomic E-state index is 10.0. The lowest BCUT2D eigenvalue weighted by molar-refractivity contribution is -0.0402. The van der Waals surface area contributed by atoms with Gasteiger partial charge in [0.2, 0.25) is 0 Å². The second-order valence-corrected chi connectivity index (χ2v) is 9.88. The van der Waals surface area contributed by atoms with E-state index in [9.17, 15) is 5.26 Å². The summed E-state index contributed by atoms with van der Waals surface area (Å²) in [6.45, 7) is 7.53. The molecule has 1 aromatic heterocycles. The summed E-state index contributed by atoms with van der Waals surface area (Å²) in [6, 6.07) is 7.99. The number of nitrogens with zero attached hydrogens (tertiary/aromatic N) is 3. The van der Waals surface area contributed by atoms with Gasteiger partial charge in [0.15, 0.2) is 0 Å². The van der Waals surface area contributed by atoms with Gasteiger partial charge in [-0.05, 0) is 37.6 Å². The molecule has 0 atom stereocenters. The molecule has 8 heteroatoms. The zero-order valence-corrected chi connectivity index (χ0v) is 19.3. The minimum Gasteiger partial charge on any atom is -0.378 e. The number of aromatic nitrogens is 1. The smallest absolute Gasteiger partial charge is 0.134 e. The van der Waals surface area contributed by atoms with Crippen molar-refractivity contribution in [3.05, 3.63) is 50.6 Å². The van der Waals surface area contributed by atoms with Crippen LogP contribution < -0.4 is 4.90 Å². The van der Waals surface area contributed by atoms with Crippen molar-refractivity contribution in [2.45, 2.75) is 43.1 Å². The van der Waals surface area contributed by atoms with E-state index in [1.807, 2.05) is 12.1 Å². The van der Waals surface area contributed by atoms with Gasteiger partial charge in [0, 0.05) is 35.7 Å². The van der Waals surface area contributed by atoms with Crippen LogP contribution in [0.15, 0.2) is 23.1 Å². The minimum atomic E-state index is -0.309. The molecule has 2 aliphatic rings. The molecule has 0 aliphatic carbocycles. The number of hydrogen-bond donors (Lipinski definition) is 0. The minimum absolute atomic E-state index is 0.309. The molecule has 0 unspecified atom stereocenters. The zero-order valence-electron chi connectivity index (χ0n) is 17.0. The number of halogens is 2. The molecule has 2 aliphatic heterocycles. The monoisotopic (exact) mass is 463 g/mol. The van der Waals surface area contributed by atoms with Crippen LogP contribution in [0.3, 0.4) is 0 Å². The third kappa shape index (κ3) is 4.56. The lowest BCUT2D eigenvalue weighted by atomic mass is 9.88. The summed E-state index contributed by atoms with van der Waals surface area (Å²) in [4.78, 5) is 8.21. The molecule has 5 nitrogen and oxygen atoms in total. The Kier molecular flexibility index (Phi) is 6.47. The Labute approximate surface area is 191 Å². The highest BCUT2D eigenvalue weighted by Crippen LogP contribution is 2.38. The summed E-state index contributed by atoms with van der Waals surface area (Å²) in [5.74, 6) is 1.50. The number of hydrogen-bond acceptors (Lipinski definition) is 6. The van der Waals surface area contributed by atoms with Crippen molar-refractivity contribution >= 4 is 40.8 Å². The normalized spacial score (nSPS) is 18.0. The molecule has 0 saturated carbocycles. The Balaban J connectivity index is 1.73. The Hall–Kier alpha value is -1.49. The Morgan fingerprint density at radius 3 is 2.67 bits per heavy atom. The van der Waals surface area contributed by atoms with Crippen LogP contribution in [-0.2, 0) is 28.3 Å². The number of nitriles is 1. The molecule has 1 aromatic carbocycles. The second kappa shape index (κ2) is 8.94. The van der Waals surface area contributed by atoms with Crippen molar-refractivity contribution in [2.75, 3.05) is 31.2 Å². The van der Waals surface area contributed by atoms with E-state index in [2.05, 4.69) is 24.8 Å². The maximum atomic E-state index is 10.0. The van der Waals surface area contributed by atoms with E-state index >= 15 is 0 Å². The highest BCUT2D eigenvalue weighted by atomic mass is 35.5. The van der Waals surface area contributed by atoms with E-state index in [4.69, 9.17) is 37.7 Å². The summed E-state index contributed by atoms with van der Waals surface area (Å²) in [6.07, 6.45) is 0.690. The second-order valence-electron chi connectivity index (χ2n) is 8.02. The number of ether oxygens (including phenoxy) is 2. The summed E-state index contributed by atoms with van der Waals surface area (Å²) in [5, 5.41) is 11.1. The number of thioether (sulfide) groups is 1. The average Bonchev–Trinajstić information content (AvgIpc) is 2.73. The van der Waals surface area contributed by atoms with Crippen LogP contribution in [0.2, 0.25) is 10.0 Å². The molecule has 4 rings (SSSR count). The quantitative estimate of drug-likeness (QED) is 0.577. The molecular weight excluding hydrogens is 441 g/mol. The van der Waals surface area contributed by atoms with Gasteiger partial charge in [0.25, 0.3) is 0 Å². The molecule has 0 bridgehead atoms. The van der Waals surface area contributed by atoms with Gasteiger partial charge in [-0.3, -0.25) is 0 Å². The maximum Gasteiger partial charge on any atom is 0.134 e. The van der Waals surface area contributed by atoms with Crippen LogP contribution >= 0.6 is 35.0 Å². The molecule has 158 valence electrons. The Morgan fingerprint density at radius 2 is 1.97 bits per heavy atom. The number of rotatable bonds is 4. The first kappa shape index (κ1) is 21.7. The van der Waals surface area contributed by atoms with Crippen molar-refractivity contribution in [3.63, 3.8) is 0 Å². The fraction of sp³-hybridized carbons (Fsp3) is 0.455. The van der Waals surface area contributed by atoms with E-state index in [1.54, 1.807) is 17.8 Å². The lowest BCUT2D eigenvalue weighted by Gasteiger charge is -2.37. The molecule has 1 saturated heterocycles. The Morgan fingerprint density at radius 1 is 1.20 bits per heavy atom. The number of benzene rings is 1. The van der Waals surface area contributed by atoms with Gasteiger partial charge in [0.1, 0.15) is 11.9 Å². The number of morpholine rings is 1. The first-order chi connectivity index (χ1) is 14.4. The number of pyridine rings is 1. The highest BCUT2D eigenvalue weighted by Gasteiger charge is 2.33. The largest absolute Gasteiger partial charge is 0.378 e. The van der Waals surface area contributed by atoms with E-state index in [-0.39, 0.29) is 5.60 Å². The average molecular weight is 464 g/mol. The van der Waals surface area contributed by atoms with E-state index in [1.165, 1.54) is 0 Å². The van der Waals surface area contributed by atoms with Crippen LogP contribution in [-0.4, -0.2) is 36.9 Å². The van der Waals surface area contributed by atoms with Crippen molar-refractivity contribution in [1.29, 1.82) is 5.26 Å². The van der Waals surface area contributed by atoms with Gasteiger partial charge >= 0.3 is 0 Å². The predicted octanol–water partition coefficient (Wildman–Crippen LogP) is 5.24. The SMILES string of the molecule is CC1(C)Cc2c(C#N)c(CSc3ccc(Cl)c(Cl)c3)nc(N3CCOCC3)c2CO1. The van der Waals surface area contributed by atoms with Crippen LogP contribution in [0, 0.1) is 11.3 Å². The van der Waals surface area contributed by atoms with Crippen molar-refractivity contribution in [2.24, 2.45) is 0 Å². The van der Waals surface area contributed by atoms with Gasteiger partial charge in [0.05, 0.1) is 46.7 Å². The van der Waals surface area contributed by atoms with Crippen molar-refractivity contribution in [3.8, 4) is 6.07 Å². The predicted molar refractivity (Wildman–Crippen MR) is 121 cm³/mol. The molecule has 30 heavy (non-hydrogen) atoms. The topological polar surface area (TPSA) is 58.4 Å². The first-order valence-corrected chi connectivity index (χ1v) is 11.6.